The van der Waals surface area contributed by atoms with E-state index < -0.39 is 35.8 Å². The van der Waals surface area contributed by atoms with Gasteiger partial charge in [-0.25, -0.2) is 15.4 Å². The summed E-state index contributed by atoms with van der Waals surface area (Å²) in [5.74, 6) is -2.89. The summed E-state index contributed by atoms with van der Waals surface area (Å²) < 4.78 is 46.7. The summed E-state index contributed by atoms with van der Waals surface area (Å²) in [5.41, 5.74) is 2.63. The number of rotatable bonds is 5. The smallest absolute Gasteiger partial charge is 0.380 e. The van der Waals surface area contributed by atoms with E-state index in [-0.39, 0.29) is 29.9 Å². The fourth-order valence-corrected chi connectivity index (χ4v) is 3.78. The second kappa shape index (κ2) is 9.16. The molecule has 4 rings (SSSR count). The number of fused-ring (bicyclic) bond motifs is 1. The summed E-state index contributed by atoms with van der Waals surface area (Å²) in [6, 6.07) is 8.62. The molecule has 12 heteroatoms. The van der Waals surface area contributed by atoms with Crippen LogP contribution in [-0.2, 0) is 22.3 Å². The van der Waals surface area contributed by atoms with Crippen LogP contribution in [0.1, 0.15) is 28.2 Å². The molecule has 0 spiro atoms. The molecule has 0 bridgehead atoms. The number of aromatic nitrogens is 3. The van der Waals surface area contributed by atoms with Crippen LogP contribution in [0, 0.1) is 5.92 Å². The molecule has 2 atom stereocenters. The number of alkyl halides is 3. The number of hydrogen-bond acceptors (Lipinski definition) is 6. The van der Waals surface area contributed by atoms with E-state index in [0.29, 0.717) is 18.6 Å². The second-order valence-corrected chi connectivity index (χ2v) is 7.59. The number of hydrogen-bond donors (Lipinski definition) is 3. The first-order valence-corrected chi connectivity index (χ1v) is 10.1. The molecule has 0 saturated carbocycles. The topological polar surface area (TPSA) is 118 Å². The average molecular weight is 463 g/mol. The van der Waals surface area contributed by atoms with Crippen molar-refractivity contribution in [3.05, 3.63) is 59.5 Å². The van der Waals surface area contributed by atoms with Gasteiger partial charge >= 0.3 is 6.18 Å². The van der Waals surface area contributed by atoms with Gasteiger partial charge in [-0.15, -0.1) is 0 Å². The van der Waals surface area contributed by atoms with E-state index in [1.807, 2.05) is 0 Å². The Morgan fingerprint density at radius 3 is 2.67 bits per heavy atom. The average Bonchev–Trinajstić information content (AvgIpc) is 3.18. The molecular weight excluding hydrogens is 443 g/mol. The summed E-state index contributed by atoms with van der Waals surface area (Å²) in [5, 5.41) is 11.6. The van der Waals surface area contributed by atoms with Gasteiger partial charge < -0.3 is 14.6 Å². The first-order chi connectivity index (χ1) is 15.8. The molecule has 9 nitrogen and oxygen atoms in total. The maximum atomic E-state index is 13.5. The van der Waals surface area contributed by atoms with Crippen molar-refractivity contribution in [2.45, 2.75) is 25.2 Å². The van der Waals surface area contributed by atoms with Crippen molar-refractivity contribution in [3.63, 3.8) is 0 Å². The summed E-state index contributed by atoms with van der Waals surface area (Å²) in [6.07, 6.45) is -2.88. The number of halogens is 3. The SMILES string of the molecule is O=C(N[C@@H]1CCOC[C@@H]1C(=O)NO)c1ccc(Cn2c(C(F)(F)F)nc3ncccc32)cc1. The van der Waals surface area contributed by atoms with Gasteiger partial charge in [-0.3, -0.25) is 14.8 Å². The fraction of sp³-hybridized carbons (Fsp3) is 0.333. The van der Waals surface area contributed by atoms with E-state index in [9.17, 15) is 22.8 Å². The minimum atomic E-state index is -4.65. The van der Waals surface area contributed by atoms with Crippen molar-refractivity contribution in [2.75, 3.05) is 13.2 Å². The van der Waals surface area contributed by atoms with Crippen molar-refractivity contribution in [1.29, 1.82) is 0 Å². The lowest BCUT2D eigenvalue weighted by Gasteiger charge is -2.30. The molecule has 1 aliphatic rings. The molecule has 0 radical (unpaired) electrons. The van der Waals surface area contributed by atoms with E-state index in [2.05, 4.69) is 15.3 Å². The number of carbonyl (C=O) groups excluding carboxylic acids is 2. The summed E-state index contributed by atoms with van der Waals surface area (Å²) in [7, 11) is 0. The molecule has 174 valence electrons. The number of imidazole rings is 1. The van der Waals surface area contributed by atoms with Gasteiger partial charge in [0.25, 0.3) is 11.8 Å². The van der Waals surface area contributed by atoms with Crippen LogP contribution in [0.3, 0.4) is 0 Å². The van der Waals surface area contributed by atoms with E-state index in [1.165, 1.54) is 30.5 Å². The Morgan fingerprint density at radius 2 is 1.97 bits per heavy atom. The minimum absolute atomic E-state index is 0.00115. The Balaban J connectivity index is 1.51. The number of amides is 2. The molecule has 0 unspecified atom stereocenters. The van der Waals surface area contributed by atoms with Gasteiger partial charge in [-0.2, -0.15) is 13.2 Å². The maximum absolute atomic E-state index is 13.5. The third-order valence-corrected chi connectivity index (χ3v) is 5.45. The molecule has 1 aliphatic heterocycles. The zero-order chi connectivity index (χ0) is 23.6. The van der Waals surface area contributed by atoms with Gasteiger partial charge in [0.2, 0.25) is 5.82 Å². The van der Waals surface area contributed by atoms with Crippen LogP contribution in [0.25, 0.3) is 11.2 Å². The first kappa shape index (κ1) is 22.7. The maximum Gasteiger partial charge on any atom is 0.449 e. The zero-order valence-corrected chi connectivity index (χ0v) is 17.2. The van der Waals surface area contributed by atoms with Crippen molar-refractivity contribution in [3.8, 4) is 0 Å². The predicted octanol–water partition coefficient (Wildman–Crippen LogP) is 2.14. The molecule has 2 aromatic heterocycles. The van der Waals surface area contributed by atoms with Crippen molar-refractivity contribution >= 4 is 23.0 Å². The first-order valence-electron chi connectivity index (χ1n) is 10.1. The van der Waals surface area contributed by atoms with Gasteiger partial charge in [0.1, 0.15) is 0 Å². The molecule has 3 N–H and O–H groups in total. The number of nitrogens with zero attached hydrogens (tertiary/aromatic N) is 3. The quantitative estimate of drug-likeness (QED) is 0.394. The lowest BCUT2D eigenvalue weighted by Crippen LogP contribution is -2.51. The molecule has 3 heterocycles. The molecule has 3 aromatic rings. The van der Waals surface area contributed by atoms with Crippen molar-refractivity contribution in [1.82, 2.24) is 25.3 Å². The van der Waals surface area contributed by atoms with Gasteiger partial charge in [-0.1, -0.05) is 12.1 Å². The molecule has 1 saturated heterocycles. The molecule has 33 heavy (non-hydrogen) atoms. The summed E-state index contributed by atoms with van der Waals surface area (Å²) >= 11 is 0. The second-order valence-electron chi connectivity index (χ2n) is 7.59. The van der Waals surface area contributed by atoms with Gasteiger partial charge in [-0.05, 0) is 36.2 Å². The minimum Gasteiger partial charge on any atom is -0.380 e. The molecule has 1 aromatic carbocycles. The lowest BCUT2D eigenvalue weighted by atomic mass is 9.94. The normalized spacial score (nSPS) is 18.8. The molecule has 2 amide bonds. The Hall–Kier alpha value is -3.51. The Morgan fingerprint density at radius 1 is 1.21 bits per heavy atom. The van der Waals surface area contributed by atoms with Gasteiger partial charge in [0.15, 0.2) is 5.65 Å². The van der Waals surface area contributed by atoms with E-state index in [4.69, 9.17) is 9.94 Å². The van der Waals surface area contributed by atoms with Crippen LogP contribution in [0.15, 0.2) is 42.6 Å². The number of hydroxylamine groups is 1. The number of carbonyl (C=O) groups is 2. The molecular formula is C21H20F3N5O4. The zero-order valence-electron chi connectivity index (χ0n) is 17.2. The highest BCUT2D eigenvalue weighted by Crippen LogP contribution is 2.31. The monoisotopic (exact) mass is 463 g/mol. The van der Waals surface area contributed by atoms with Crippen molar-refractivity contribution < 1.29 is 32.7 Å². The Labute approximate surface area is 185 Å². The highest BCUT2D eigenvalue weighted by Gasteiger charge is 2.38. The van der Waals surface area contributed by atoms with Crippen LogP contribution in [-0.4, -0.2) is 50.8 Å². The third kappa shape index (κ3) is 4.81. The Bertz CT molecular complexity index is 1160. The van der Waals surface area contributed by atoms with E-state index >= 15 is 0 Å². The van der Waals surface area contributed by atoms with Crippen molar-refractivity contribution in [2.24, 2.45) is 5.92 Å². The van der Waals surface area contributed by atoms with E-state index in [0.717, 1.165) is 4.57 Å². The largest absolute Gasteiger partial charge is 0.449 e. The van der Waals surface area contributed by atoms with Crippen LogP contribution >= 0.6 is 0 Å². The number of pyridine rings is 1. The highest BCUT2D eigenvalue weighted by atomic mass is 19.4. The van der Waals surface area contributed by atoms with Crippen LogP contribution in [0.4, 0.5) is 13.2 Å². The number of ether oxygens (including phenoxy) is 1. The summed E-state index contributed by atoms with van der Waals surface area (Å²) in [6.45, 7) is 0.303. The van der Waals surface area contributed by atoms with Crippen LogP contribution in [0.2, 0.25) is 0 Å². The third-order valence-electron chi connectivity index (χ3n) is 5.45. The fourth-order valence-electron chi connectivity index (χ4n) is 3.78. The number of nitrogens with one attached hydrogen (secondary N) is 2. The number of benzene rings is 1. The van der Waals surface area contributed by atoms with Gasteiger partial charge in [0, 0.05) is 31.0 Å². The summed E-state index contributed by atoms with van der Waals surface area (Å²) in [4.78, 5) is 32.0. The standard InChI is InChI=1S/C21H20F3N5O4/c22-21(23,24)20-27-17-16(2-1-8-25-17)29(20)10-12-3-5-13(6-4-12)18(30)26-15-7-9-33-11-14(15)19(31)28-32/h1-6,8,14-15,32H,7,9-11H2,(H,26,30)(H,28,31)/t14-,15+/m0/s1. The Kier molecular flexibility index (Phi) is 6.29. The van der Waals surface area contributed by atoms with E-state index in [1.54, 1.807) is 17.6 Å². The van der Waals surface area contributed by atoms with Gasteiger partial charge in [0.05, 0.1) is 18.0 Å². The molecule has 0 aliphatic carbocycles. The molecule has 1 fully saturated rings. The lowest BCUT2D eigenvalue weighted by molar-refractivity contribution is -0.146. The van der Waals surface area contributed by atoms with Crippen LogP contribution in [0.5, 0.6) is 0 Å². The van der Waals surface area contributed by atoms with Crippen LogP contribution < -0.4 is 10.8 Å². The predicted molar refractivity (Wildman–Crippen MR) is 108 cm³/mol. The highest BCUT2D eigenvalue weighted by molar-refractivity contribution is 5.95.